The van der Waals surface area contributed by atoms with Crippen molar-refractivity contribution in [3.05, 3.63) is 87.3 Å². The maximum Gasteiger partial charge on any atom is 0.266 e. The summed E-state index contributed by atoms with van der Waals surface area (Å²) in [6, 6.07) is 20.6. The molecule has 2 aliphatic rings. The van der Waals surface area contributed by atoms with E-state index in [-0.39, 0.29) is 11.7 Å². The Morgan fingerprint density at radius 1 is 0.806 bits per heavy atom. The van der Waals surface area contributed by atoms with Crippen LogP contribution in [0.15, 0.2) is 81.7 Å². The molecule has 2 aliphatic heterocycles. The van der Waals surface area contributed by atoms with Crippen molar-refractivity contribution in [2.45, 2.75) is 12.1 Å². The summed E-state index contributed by atoms with van der Waals surface area (Å²) in [6.45, 7) is 0. The Hall–Kier alpha value is -2.68. The van der Waals surface area contributed by atoms with Gasteiger partial charge in [-0.15, -0.1) is 0 Å². The number of para-hydroxylation sites is 1. The lowest BCUT2D eigenvalue weighted by molar-refractivity contribution is -0.126. The van der Waals surface area contributed by atoms with Gasteiger partial charge in [0.2, 0.25) is 5.91 Å². The van der Waals surface area contributed by atoms with Crippen molar-refractivity contribution in [1.82, 2.24) is 0 Å². The number of hydroxylamine groups is 1. The van der Waals surface area contributed by atoms with Gasteiger partial charge in [-0.1, -0.05) is 50.1 Å². The number of phenols is 1. The summed E-state index contributed by atoms with van der Waals surface area (Å²) in [6.07, 6.45) is -0.986. The minimum Gasteiger partial charge on any atom is -0.508 e. The summed E-state index contributed by atoms with van der Waals surface area (Å²) in [5.74, 6) is -1.56. The van der Waals surface area contributed by atoms with Gasteiger partial charge in [-0.05, 0) is 54.6 Å². The number of phenolic OH excluding ortho intramolecular Hbond substituents is 1. The van der Waals surface area contributed by atoms with Gasteiger partial charge in [-0.25, -0.2) is 9.96 Å². The number of hydrogen-bond donors (Lipinski definition) is 1. The molecule has 0 aliphatic carbocycles. The topological polar surface area (TPSA) is 70.1 Å². The molecular formula is C23H16Br2N2O4. The van der Waals surface area contributed by atoms with E-state index in [4.69, 9.17) is 4.84 Å². The van der Waals surface area contributed by atoms with Gasteiger partial charge in [0.15, 0.2) is 6.10 Å². The number of anilines is 2. The number of rotatable bonds is 3. The summed E-state index contributed by atoms with van der Waals surface area (Å²) in [5.41, 5.74) is 1.68. The summed E-state index contributed by atoms with van der Waals surface area (Å²) in [4.78, 5) is 34.0. The summed E-state index contributed by atoms with van der Waals surface area (Å²) in [5, 5.41) is 12.2. The van der Waals surface area contributed by atoms with Gasteiger partial charge >= 0.3 is 0 Å². The second kappa shape index (κ2) is 7.78. The first kappa shape index (κ1) is 20.2. The molecule has 8 heteroatoms. The Morgan fingerprint density at radius 3 is 2.19 bits per heavy atom. The predicted molar refractivity (Wildman–Crippen MR) is 122 cm³/mol. The number of halogens is 2. The molecule has 3 atom stereocenters. The van der Waals surface area contributed by atoms with Gasteiger partial charge < -0.3 is 5.11 Å². The van der Waals surface area contributed by atoms with Crippen LogP contribution in [0.2, 0.25) is 0 Å². The predicted octanol–water partition coefficient (Wildman–Crippen LogP) is 4.97. The third-order valence-electron chi connectivity index (χ3n) is 5.52. The Morgan fingerprint density at radius 2 is 1.48 bits per heavy atom. The summed E-state index contributed by atoms with van der Waals surface area (Å²) in [7, 11) is 0. The van der Waals surface area contributed by atoms with Gasteiger partial charge in [0.05, 0.1) is 17.4 Å². The average Bonchev–Trinajstić information content (AvgIpc) is 3.28. The van der Waals surface area contributed by atoms with E-state index in [1.807, 2.05) is 30.3 Å². The van der Waals surface area contributed by atoms with Crippen LogP contribution in [0, 0.1) is 5.92 Å². The first-order valence-corrected chi connectivity index (χ1v) is 11.2. The van der Waals surface area contributed by atoms with Gasteiger partial charge in [-0.2, -0.15) is 0 Å². The molecule has 2 fully saturated rings. The number of nitrogens with zero attached hydrogens (tertiary/aromatic N) is 2. The summed E-state index contributed by atoms with van der Waals surface area (Å²) >= 11 is 6.81. The molecular weight excluding hydrogens is 528 g/mol. The average molecular weight is 544 g/mol. The number of aromatic hydroxyl groups is 1. The molecule has 6 nitrogen and oxygen atoms in total. The molecule has 1 N–H and O–H groups in total. The van der Waals surface area contributed by atoms with E-state index in [9.17, 15) is 14.7 Å². The van der Waals surface area contributed by atoms with Crippen LogP contribution in [0.5, 0.6) is 5.75 Å². The Kier molecular flexibility index (Phi) is 5.08. The van der Waals surface area contributed by atoms with Crippen LogP contribution >= 0.6 is 31.9 Å². The Labute approximate surface area is 195 Å². The van der Waals surface area contributed by atoms with Crippen molar-refractivity contribution in [3.8, 4) is 5.75 Å². The number of fused-ring (bicyclic) bond motifs is 1. The Bertz CT molecular complexity index is 1170. The smallest absolute Gasteiger partial charge is 0.266 e. The minimum atomic E-state index is -0.986. The minimum absolute atomic E-state index is 0.0284. The third kappa shape index (κ3) is 3.35. The molecule has 0 bridgehead atoms. The van der Waals surface area contributed by atoms with Crippen LogP contribution in [0.3, 0.4) is 0 Å². The van der Waals surface area contributed by atoms with Crippen LogP contribution in [0.4, 0.5) is 11.4 Å². The molecule has 2 heterocycles. The molecule has 5 rings (SSSR count). The van der Waals surface area contributed by atoms with Crippen LogP contribution in [0.1, 0.15) is 11.6 Å². The van der Waals surface area contributed by atoms with Crippen molar-refractivity contribution in [2.24, 2.45) is 5.92 Å². The zero-order chi connectivity index (χ0) is 21.7. The second-order valence-corrected chi connectivity index (χ2v) is 9.18. The molecule has 0 radical (unpaired) electrons. The molecule has 2 saturated heterocycles. The van der Waals surface area contributed by atoms with Crippen LogP contribution < -0.4 is 9.96 Å². The zero-order valence-corrected chi connectivity index (χ0v) is 19.2. The zero-order valence-electron chi connectivity index (χ0n) is 16.0. The Balaban J connectivity index is 1.62. The third-order valence-corrected chi connectivity index (χ3v) is 6.54. The maximum absolute atomic E-state index is 13.5. The molecule has 0 unspecified atom stereocenters. The lowest BCUT2D eigenvalue weighted by atomic mass is 9.90. The van der Waals surface area contributed by atoms with Crippen molar-refractivity contribution in [1.29, 1.82) is 0 Å². The van der Waals surface area contributed by atoms with Gasteiger partial charge in [0.1, 0.15) is 11.7 Å². The number of amides is 2. The van der Waals surface area contributed by atoms with Gasteiger partial charge in [0.25, 0.3) is 5.91 Å². The van der Waals surface area contributed by atoms with E-state index in [1.54, 1.807) is 47.5 Å². The van der Waals surface area contributed by atoms with Gasteiger partial charge in [-0.3, -0.25) is 14.4 Å². The highest BCUT2D eigenvalue weighted by molar-refractivity contribution is 9.10. The quantitative estimate of drug-likeness (QED) is 0.472. The van der Waals surface area contributed by atoms with Gasteiger partial charge in [0, 0.05) is 14.5 Å². The molecule has 0 saturated carbocycles. The first-order valence-electron chi connectivity index (χ1n) is 9.58. The van der Waals surface area contributed by atoms with Crippen molar-refractivity contribution in [3.63, 3.8) is 0 Å². The maximum atomic E-state index is 13.5. The van der Waals surface area contributed by atoms with Crippen LogP contribution in [-0.2, 0) is 14.4 Å². The molecule has 3 aromatic rings. The largest absolute Gasteiger partial charge is 0.508 e. The number of hydrogen-bond acceptors (Lipinski definition) is 5. The van der Waals surface area contributed by atoms with E-state index in [1.165, 1.54) is 4.90 Å². The molecule has 2 amide bonds. The van der Waals surface area contributed by atoms with E-state index < -0.39 is 24.0 Å². The number of benzene rings is 3. The van der Waals surface area contributed by atoms with Crippen LogP contribution in [-0.4, -0.2) is 23.0 Å². The molecule has 0 spiro atoms. The molecule has 156 valence electrons. The van der Waals surface area contributed by atoms with Crippen LogP contribution in [0.25, 0.3) is 0 Å². The van der Waals surface area contributed by atoms with Crippen molar-refractivity contribution >= 4 is 55.0 Å². The standard InChI is InChI=1S/C23H16Br2N2O4/c24-13-6-9-15(10-7-13)26-22(29)19-20(17-12-14(25)8-11-18(17)28)27(31-21(19)23(26)30)16-4-2-1-3-5-16/h1-12,19-21,28H/t19-,20+,21+/m0/s1. The van der Waals surface area contributed by atoms with E-state index >= 15 is 0 Å². The number of carbonyl (C=O) groups excluding carboxylic acids is 2. The normalized spacial score (nSPS) is 22.8. The molecule has 0 aromatic heterocycles. The fourth-order valence-electron chi connectivity index (χ4n) is 4.14. The highest BCUT2D eigenvalue weighted by Crippen LogP contribution is 2.49. The lowest BCUT2D eigenvalue weighted by Gasteiger charge is -2.29. The highest BCUT2D eigenvalue weighted by Gasteiger charge is 2.60. The lowest BCUT2D eigenvalue weighted by Crippen LogP contribution is -2.37. The number of imide groups is 1. The monoisotopic (exact) mass is 542 g/mol. The fraction of sp³-hybridized carbons (Fsp3) is 0.130. The van der Waals surface area contributed by atoms with E-state index in [0.29, 0.717) is 16.9 Å². The van der Waals surface area contributed by atoms with E-state index in [0.717, 1.165) is 8.95 Å². The van der Waals surface area contributed by atoms with Crippen molar-refractivity contribution < 1.29 is 19.5 Å². The van der Waals surface area contributed by atoms with Crippen molar-refractivity contribution in [2.75, 3.05) is 9.96 Å². The SMILES string of the molecule is O=C1[C@H]2[C@@H](c3cc(Br)ccc3O)N(c3ccccc3)O[C@H]2C(=O)N1c1ccc(Br)cc1. The first-order chi connectivity index (χ1) is 15.0. The summed E-state index contributed by atoms with van der Waals surface area (Å²) < 4.78 is 1.59. The fourth-order valence-corrected chi connectivity index (χ4v) is 4.78. The van der Waals surface area contributed by atoms with E-state index in [2.05, 4.69) is 31.9 Å². The molecule has 31 heavy (non-hydrogen) atoms. The second-order valence-electron chi connectivity index (χ2n) is 7.35. The highest BCUT2D eigenvalue weighted by atomic mass is 79.9. The number of carbonyl (C=O) groups is 2. The molecule has 3 aromatic carbocycles.